The van der Waals surface area contributed by atoms with Crippen LogP contribution in [0.15, 0.2) is 61.5 Å². The van der Waals surface area contributed by atoms with Gasteiger partial charge in [-0.15, -0.1) is 23.1 Å². The summed E-state index contributed by atoms with van der Waals surface area (Å²) in [7, 11) is -3.99. The molecule has 1 amide bonds. The summed E-state index contributed by atoms with van der Waals surface area (Å²) in [5, 5.41) is 19.3. The molecule has 1 aromatic heterocycles. The average molecular weight is 603 g/mol. The van der Waals surface area contributed by atoms with Crippen LogP contribution in [0.25, 0.3) is 11.1 Å². The number of sulfone groups is 1. The van der Waals surface area contributed by atoms with Crippen molar-refractivity contribution in [2.24, 2.45) is 22.2 Å². The van der Waals surface area contributed by atoms with Crippen molar-refractivity contribution in [2.45, 2.75) is 40.2 Å². The maximum atomic E-state index is 13.7. The van der Waals surface area contributed by atoms with Crippen molar-refractivity contribution in [2.75, 3.05) is 12.8 Å². The van der Waals surface area contributed by atoms with Gasteiger partial charge in [0.15, 0.2) is 5.96 Å². The molecule has 1 heterocycles. The Labute approximate surface area is 240 Å². The summed E-state index contributed by atoms with van der Waals surface area (Å²) in [6, 6.07) is 10.9. The van der Waals surface area contributed by atoms with E-state index in [0.29, 0.717) is 44.3 Å². The highest BCUT2D eigenvalue weighted by Gasteiger charge is 2.26. The zero-order valence-corrected chi connectivity index (χ0v) is 24.3. The first-order valence-corrected chi connectivity index (χ1v) is 15.5. The number of thioether (sulfide) groups is 1. The Morgan fingerprint density at radius 3 is 2.48 bits per heavy atom. The molecule has 0 unspecified atom stereocenters. The second-order valence-corrected chi connectivity index (χ2v) is 12.8. The third kappa shape index (κ3) is 7.20. The monoisotopic (exact) mass is 602 g/mol. The van der Waals surface area contributed by atoms with Gasteiger partial charge in [-0.1, -0.05) is 12.1 Å². The molecule has 0 spiro atoms. The number of aliphatic imine (C=N–C) groups is 1. The number of benzene rings is 2. The van der Waals surface area contributed by atoms with Crippen LogP contribution in [0.5, 0.6) is 0 Å². The summed E-state index contributed by atoms with van der Waals surface area (Å²) in [5.41, 5.74) is 18.9. The van der Waals surface area contributed by atoms with Crippen LogP contribution in [0.4, 0.5) is 5.69 Å². The number of hydrogen-bond donors (Lipinski definition) is 6. The fourth-order valence-electron chi connectivity index (χ4n) is 4.01. The molecule has 14 heteroatoms. The normalized spacial score (nSPS) is 11.2. The van der Waals surface area contributed by atoms with Crippen LogP contribution in [-0.4, -0.2) is 50.0 Å². The summed E-state index contributed by atoms with van der Waals surface area (Å²) in [5.74, 6) is -1.76. The molecular weight excluding hydrogens is 573 g/mol. The van der Waals surface area contributed by atoms with Gasteiger partial charge in [-0.2, -0.15) is 0 Å². The summed E-state index contributed by atoms with van der Waals surface area (Å²) in [4.78, 5) is 28.5. The highest BCUT2D eigenvalue weighted by molar-refractivity contribution is 8.01. The molecule has 11 nitrogen and oxygen atoms in total. The first-order chi connectivity index (χ1) is 18.8. The molecule has 0 aliphatic rings. The number of carbonyl (C=O) groups excluding carboxylic acids is 1. The van der Waals surface area contributed by atoms with Gasteiger partial charge < -0.3 is 27.6 Å². The number of nitrogens with zero attached hydrogens (tertiary/aromatic N) is 1. The fraction of sp³-hybridized carbons (Fsp3) is 0.231. The van der Waals surface area contributed by atoms with Crippen molar-refractivity contribution in [3.05, 3.63) is 58.5 Å². The maximum absolute atomic E-state index is 13.7. The number of guanidine groups is 1. The van der Waals surface area contributed by atoms with Crippen molar-refractivity contribution >= 4 is 62.3 Å². The van der Waals surface area contributed by atoms with Gasteiger partial charge in [-0.05, 0) is 73.0 Å². The summed E-state index contributed by atoms with van der Waals surface area (Å²) >= 11 is 2.39. The topological polar surface area (TPSA) is 215 Å². The Bertz CT molecular complexity index is 1590. The van der Waals surface area contributed by atoms with E-state index in [1.165, 1.54) is 36.0 Å². The van der Waals surface area contributed by atoms with Gasteiger partial charge in [0.05, 0.1) is 24.6 Å². The van der Waals surface area contributed by atoms with Crippen molar-refractivity contribution in [3.63, 3.8) is 0 Å². The first-order valence-electron chi connectivity index (χ1n) is 12.0. The van der Waals surface area contributed by atoms with Gasteiger partial charge in [0.25, 0.3) is 5.91 Å². The number of carboxylic acid groups (broad SMARTS) is 1. The Balaban J connectivity index is 2.08. The van der Waals surface area contributed by atoms with Crippen molar-refractivity contribution in [3.8, 4) is 11.1 Å². The van der Waals surface area contributed by atoms with Gasteiger partial charge in [-0.3, -0.25) is 15.0 Å². The molecule has 0 saturated heterocycles. The van der Waals surface area contributed by atoms with Crippen molar-refractivity contribution in [1.82, 2.24) is 5.32 Å². The number of nitrogens with two attached hydrogens (primary N) is 3. The predicted molar refractivity (Wildman–Crippen MR) is 158 cm³/mol. The largest absolute Gasteiger partial charge is 0.481 e. The summed E-state index contributed by atoms with van der Waals surface area (Å²) in [6.45, 7) is 2.01. The quantitative estimate of drug-likeness (QED) is 0.0773. The Morgan fingerprint density at radius 2 is 1.85 bits per heavy atom. The molecule has 0 saturated carbocycles. The Hall–Kier alpha value is -3.88. The maximum Gasteiger partial charge on any atom is 0.303 e. The number of aryl methyl sites for hydroxylation is 1. The SMILES string of the molecule is CSc1sc(C(=N)N)cc1S(=O)(=O)c1cccc(-c2c(C)cc(N=C(N)N)cc2C(=O)NCCCCC(=O)O)c1. The number of amides is 1. The molecule has 40 heavy (non-hydrogen) atoms. The third-order valence-corrected chi connectivity index (χ3v) is 10.1. The van der Waals surface area contributed by atoms with Crippen LogP contribution in [0, 0.1) is 12.3 Å². The van der Waals surface area contributed by atoms with Gasteiger partial charge >= 0.3 is 5.97 Å². The number of aliphatic carboxylic acids is 1. The number of nitrogen functional groups attached to an aromatic ring is 1. The minimum Gasteiger partial charge on any atom is -0.481 e. The van der Waals surface area contributed by atoms with E-state index in [2.05, 4.69) is 10.3 Å². The van der Waals surface area contributed by atoms with E-state index in [4.69, 9.17) is 27.7 Å². The van der Waals surface area contributed by atoms with E-state index < -0.39 is 21.7 Å². The smallest absolute Gasteiger partial charge is 0.303 e. The second kappa shape index (κ2) is 13.0. The number of nitrogens with one attached hydrogen (secondary N) is 2. The van der Waals surface area contributed by atoms with Crippen LogP contribution < -0.4 is 22.5 Å². The standard InChI is InChI=1S/C26H30N6O5S3/c1-14-10-16(32-26(29)30)12-18(24(35)31-9-4-3-8-21(33)34)22(14)15-6-5-7-17(11-15)40(36,37)20-13-19(23(27)28)39-25(20)38-2/h5-7,10-13H,3-4,8-9H2,1-2H3,(H3,27,28)(H,31,35)(H,33,34)(H4,29,30,32). The molecule has 2 aromatic carbocycles. The van der Waals surface area contributed by atoms with Gasteiger partial charge in [0, 0.05) is 18.5 Å². The number of thiophene rings is 1. The molecule has 0 atom stereocenters. The molecular formula is C26H30N6O5S3. The second-order valence-electron chi connectivity index (χ2n) is 8.74. The summed E-state index contributed by atoms with van der Waals surface area (Å²) in [6.07, 6.45) is 2.62. The van der Waals surface area contributed by atoms with Crippen LogP contribution in [0.3, 0.4) is 0 Å². The van der Waals surface area contributed by atoms with E-state index in [9.17, 15) is 18.0 Å². The van der Waals surface area contributed by atoms with E-state index in [-0.39, 0.29) is 40.1 Å². The Morgan fingerprint density at radius 1 is 1.12 bits per heavy atom. The lowest BCUT2D eigenvalue weighted by atomic mass is 9.93. The highest BCUT2D eigenvalue weighted by atomic mass is 32.2. The molecule has 9 N–H and O–H groups in total. The predicted octanol–water partition coefficient (Wildman–Crippen LogP) is 3.45. The summed E-state index contributed by atoms with van der Waals surface area (Å²) < 4.78 is 27.9. The number of hydrogen-bond acceptors (Lipinski definition) is 8. The van der Waals surface area contributed by atoms with Gasteiger partial charge in [0.1, 0.15) is 5.84 Å². The average Bonchev–Trinajstić information content (AvgIpc) is 3.33. The Kier molecular flexibility index (Phi) is 9.95. The zero-order valence-electron chi connectivity index (χ0n) is 21.9. The molecule has 212 valence electrons. The highest BCUT2D eigenvalue weighted by Crippen LogP contribution is 2.38. The molecule has 0 aliphatic carbocycles. The van der Waals surface area contributed by atoms with E-state index in [0.717, 1.165) is 11.3 Å². The zero-order chi connectivity index (χ0) is 29.6. The van der Waals surface area contributed by atoms with E-state index in [1.54, 1.807) is 31.4 Å². The van der Waals surface area contributed by atoms with Crippen LogP contribution in [0.2, 0.25) is 0 Å². The molecule has 0 fully saturated rings. The lowest BCUT2D eigenvalue weighted by Gasteiger charge is -2.16. The lowest BCUT2D eigenvalue weighted by molar-refractivity contribution is -0.137. The number of unbranched alkanes of at least 4 members (excludes halogenated alkanes) is 1. The number of carbonyl (C=O) groups is 2. The number of rotatable bonds is 12. The lowest BCUT2D eigenvalue weighted by Crippen LogP contribution is -2.25. The number of carboxylic acids is 1. The third-order valence-electron chi connectivity index (χ3n) is 5.77. The molecule has 3 aromatic rings. The fourth-order valence-corrected chi connectivity index (χ4v) is 7.91. The first kappa shape index (κ1) is 30.7. The molecule has 3 rings (SSSR count). The molecule has 0 radical (unpaired) electrons. The van der Waals surface area contributed by atoms with Crippen LogP contribution >= 0.6 is 23.1 Å². The van der Waals surface area contributed by atoms with Gasteiger partial charge in [-0.25, -0.2) is 13.4 Å². The minimum absolute atomic E-state index is 0.00222. The minimum atomic E-state index is -3.99. The molecule has 0 bridgehead atoms. The molecule has 0 aliphatic heterocycles. The van der Waals surface area contributed by atoms with Crippen molar-refractivity contribution in [1.29, 1.82) is 5.41 Å². The van der Waals surface area contributed by atoms with E-state index in [1.807, 2.05) is 0 Å². The van der Waals surface area contributed by atoms with E-state index >= 15 is 0 Å². The van der Waals surface area contributed by atoms with Crippen LogP contribution in [-0.2, 0) is 14.6 Å². The number of amidine groups is 1. The van der Waals surface area contributed by atoms with Crippen LogP contribution in [0.1, 0.15) is 40.1 Å². The van der Waals surface area contributed by atoms with Gasteiger partial charge in [0.2, 0.25) is 9.84 Å². The van der Waals surface area contributed by atoms with Crippen molar-refractivity contribution < 1.29 is 23.1 Å².